The van der Waals surface area contributed by atoms with Gasteiger partial charge in [0.05, 0.1) is 6.04 Å². The SMILES string of the molecule is CC(C)c1ccccc1OCC(N)c1ccc2c(c1)OCO2. The molecule has 0 saturated heterocycles. The van der Waals surface area contributed by atoms with Crippen molar-refractivity contribution in [2.75, 3.05) is 13.4 Å². The molecule has 0 spiro atoms. The van der Waals surface area contributed by atoms with Gasteiger partial charge in [0.1, 0.15) is 12.4 Å². The fraction of sp³-hybridized carbons (Fsp3) is 0.333. The summed E-state index contributed by atoms with van der Waals surface area (Å²) in [6.45, 7) is 5.00. The molecule has 0 fully saturated rings. The van der Waals surface area contributed by atoms with E-state index in [2.05, 4.69) is 19.9 Å². The van der Waals surface area contributed by atoms with Crippen LogP contribution in [0, 0.1) is 0 Å². The summed E-state index contributed by atoms with van der Waals surface area (Å²) >= 11 is 0. The molecule has 0 aliphatic carbocycles. The van der Waals surface area contributed by atoms with Crippen LogP contribution in [0.3, 0.4) is 0 Å². The van der Waals surface area contributed by atoms with Gasteiger partial charge in [0, 0.05) is 0 Å². The average Bonchev–Trinajstić information content (AvgIpc) is 3.00. The molecule has 2 aromatic carbocycles. The Morgan fingerprint density at radius 3 is 2.68 bits per heavy atom. The fourth-order valence-corrected chi connectivity index (χ4v) is 2.51. The summed E-state index contributed by atoms with van der Waals surface area (Å²) in [4.78, 5) is 0. The molecule has 1 atom stereocenters. The first-order valence-electron chi connectivity index (χ1n) is 7.52. The number of ether oxygens (including phenoxy) is 3. The van der Waals surface area contributed by atoms with Gasteiger partial charge < -0.3 is 19.9 Å². The molecule has 0 amide bonds. The van der Waals surface area contributed by atoms with E-state index in [1.54, 1.807) is 0 Å². The van der Waals surface area contributed by atoms with E-state index in [0.717, 1.165) is 22.8 Å². The van der Waals surface area contributed by atoms with Crippen molar-refractivity contribution < 1.29 is 14.2 Å². The first-order valence-corrected chi connectivity index (χ1v) is 7.52. The standard InChI is InChI=1S/C18H21NO3/c1-12(2)14-5-3-4-6-16(14)20-10-15(19)13-7-8-17-18(9-13)22-11-21-17/h3-9,12,15H,10-11,19H2,1-2H3. The maximum Gasteiger partial charge on any atom is 0.231 e. The van der Waals surface area contributed by atoms with E-state index in [0.29, 0.717) is 12.5 Å². The zero-order valence-corrected chi connectivity index (χ0v) is 12.9. The van der Waals surface area contributed by atoms with Gasteiger partial charge in [-0.25, -0.2) is 0 Å². The zero-order chi connectivity index (χ0) is 15.5. The molecule has 1 unspecified atom stereocenters. The van der Waals surface area contributed by atoms with E-state index >= 15 is 0 Å². The summed E-state index contributed by atoms with van der Waals surface area (Å²) < 4.78 is 16.6. The molecule has 2 N–H and O–H groups in total. The van der Waals surface area contributed by atoms with Crippen LogP contribution in [0.1, 0.15) is 36.9 Å². The van der Waals surface area contributed by atoms with Gasteiger partial charge in [-0.2, -0.15) is 0 Å². The van der Waals surface area contributed by atoms with E-state index in [4.69, 9.17) is 19.9 Å². The number of para-hydroxylation sites is 1. The van der Waals surface area contributed by atoms with Crippen molar-refractivity contribution in [2.24, 2.45) is 5.73 Å². The lowest BCUT2D eigenvalue weighted by Gasteiger charge is -2.17. The minimum absolute atomic E-state index is 0.213. The predicted octanol–water partition coefficient (Wildman–Crippen LogP) is 3.62. The summed E-state index contributed by atoms with van der Waals surface area (Å²) in [7, 11) is 0. The lowest BCUT2D eigenvalue weighted by Crippen LogP contribution is -2.19. The van der Waals surface area contributed by atoms with Crippen molar-refractivity contribution in [1.82, 2.24) is 0 Å². The van der Waals surface area contributed by atoms with Crippen LogP contribution >= 0.6 is 0 Å². The van der Waals surface area contributed by atoms with E-state index in [1.807, 2.05) is 36.4 Å². The van der Waals surface area contributed by atoms with Crippen LogP contribution in [-0.2, 0) is 0 Å². The van der Waals surface area contributed by atoms with Crippen LogP contribution in [-0.4, -0.2) is 13.4 Å². The second-order valence-corrected chi connectivity index (χ2v) is 5.72. The number of nitrogens with two attached hydrogens (primary N) is 1. The third kappa shape index (κ3) is 3.02. The smallest absolute Gasteiger partial charge is 0.231 e. The number of fused-ring (bicyclic) bond motifs is 1. The third-order valence-corrected chi connectivity index (χ3v) is 3.78. The highest BCUT2D eigenvalue weighted by Gasteiger charge is 2.17. The summed E-state index contributed by atoms with van der Waals surface area (Å²) in [5.41, 5.74) is 8.41. The number of hydrogen-bond donors (Lipinski definition) is 1. The maximum atomic E-state index is 6.24. The fourth-order valence-electron chi connectivity index (χ4n) is 2.51. The van der Waals surface area contributed by atoms with Crippen molar-refractivity contribution in [3.05, 3.63) is 53.6 Å². The summed E-state index contributed by atoms with van der Waals surface area (Å²) in [6.07, 6.45) is 0. The molecule has 0 saturated carbocycles. The second kappa shape index (κ2) is 6.28. The monoisotopic (exact) mass is 299 g/mol. The molecule has 2 aromatic rings. The molecule has 3 rings (SSSR count). The highest BCUT2D eigenvalue weighted by atomic mass is 16.7. The Labute approximate surface area is 130 Å². The highest BCUT2D eigenvalue weighted by Crippen LogP contribution is 2.34. The Hall–Kier alpha value is -2.20. The quantitative estimate of drug-likeness (QED) is 0.916. The molecule has 0 aromatic heterocycles. The third-order valence-electron chi connectivity index (χ3n) is 3.78. The summed E-state index contributed by atoms with van der Waals surface area (Å²) in [5, 5.41) is 0. The van der Waals surface area contributed by atoms with Gasteiger partial charge in [0.2, 0.25) is 6.79 Å². The van der Waals surface area contributed by atoms with Crippen LogP contribution in [0.2, 0.25) is 0 Å². The minimum atomic E-state index is -0.213. The average molecular weight is 299 g/mol. The molecule has 22 heavy (non-hydrogen) atoms. The van der Waals surface area contributed by atoms with Crippen LogP contribution < -0.4 is 19.9 Å². The van der Waals surface area contributed by atoms with Gasteiger partial charge in [-0.15, -0.1) is 0 Å². The first-order chi connectivity index (χ1) is 10.6. The largest absolute Gasteiger partial charge is 0.491 e. The maximum absolute atomic E-state index is 6.24. The number of benzene rings is 2. The Morgan fingerprint density at radius 2 is 1.86 bits per heavy atom. The van der Waals surface area contributed by atoms with Crippen LogP contribution in [0.25, 0.3) is 0 Å². The first kappa shape index (κ1) is 14.7. The van der Waals surface area contributed by atoms with Crippen LogP contribution in [0.4, 0.5) is 0 Å². The Morgan fingerprint density at radius 1 is 1.09 bits per heavy atom. The molecule has 0 bridgehead atoms. The van der Waals surface area contributed by atoms with Gasteiger partial charge >= 0.3 is 0 Å². The Balaban J connectivity index is 1.69. The van der Waals surface area contributed by atoms with Crippen molar-refractivity contribution in [3.8, 4) is 17.2 Å². The molecular formula is C18H21NO3. The van der Waals surface area contributed by atoms with Gasteiger partial charge in [0.15, 0.2) is 11.5 Å². The van der Waals surface area contributed by atoms with Gasteiger partial charge in [-0.1, -0.05) is 38.1 Å². The van der Waals surface area contributed by atoms with Crippen molar-refractivity contribution >= 4 is 0 Å². The van der Waals surface area contributed by atoms with Gasteiger partial charge in [-0.05, 0) is 35.2 Å². The van der Waals surface area contributed by atoms with E-state index in [1.165, 1.54) is 5.56 Å². The molecule has 4 heteroatoms. The van der Waals surface area contributed by atoms with Gasteiger partial charge in [0.25, 0.3) is 0 Å². The van der Waals surface area contributed by atoms with Crippen molar-refractivity contribution in [2.45, 2.75) is 25.8 Å². The topological polar surface area (TPSA) is 53.7 Å². The summed E-state index contributed by atoms with van der Waals surface area (Å²) in [6, 6.07) is 13.6. The minimum Gasteiger partial charge on any atom is -0.491 e. The van der Waals surface area contributed by atoms with Gasteiger partial charge in [-0.3, -0.25) is 0 Å². The van der Waals surface area contributed by atoms with Crippen molar-refractivity contribution in [1.29, 1.82) is 0 Å². The molecule has 116 valence electrons. The second-order valence-electron chi connectivity index (χ2n) is 5.72. The molecule has 1 aliphatic heterocycles. The number of rotatable bonds is 5. The summed E-state index contributed by atoms with van der Waals surface area (Å²) in [5.74, 6) is 2.82. The molecule has 1 aliphatic rings. The Bertz CT molecular complexity index is 655. The zero-order valence-electron chi connectivity index (χ0n) is 12.9. The van der Waals surface area contributed by atoms with E-state index in [-0.39, 0.29) is 12.8 Å². The molecule has 4 nitrogen and oxygen atoms in total. The van der Waals surface area contributed by atoms with Crippen molar-refractivity contribution in [3.63, 3.8) is 0 Å². The Kier molecular flexibility index (Phi) is 4.20. The molecular weight excluding hydrogens is 278 g/mol. The molecule has 1 heterocycles. The lowest BCUT2D eigenvalue weighted by atomic mass is 10.0. The highest BCUT2D eigenvalue weighted by molar-refractivity contribution is 5.45. The van der Waals surface area contributed by atoms with Crippen LogP contribution in [0.5, 0.6) is 17.2 Å². The van der Waals surface area contributed by atoms with E-state index < -0.39 is 0 Å². The normalized spacial score (nSPS) is 14.2. The number of hydrogen-bond acceptors (Lipinski definition) is 4. The lowest BCUT2D eigenvalue weighted by molar-refractivity contribution is 0.174. The van der Waals surface area contributed by atoms with Crippen LogP contribution in [0.15, 0.2) is 42.5 Å². The predicted molar refractivity (Wildman–Crippen MR) is 85.5 cm³/mol. The molecule has 0 radical (unpaired) electrons. The van der Waals surface area contributed by atoms with E-state index in [9.17, 15) is 0 Å².